The first-order valence-electron chi connectivity index (χ1n) is 13.9. The number of methoxy groups -OCH3 is 2. The number of para-hydroxylation sites is 1. The molecule has 0 atom stereocenters. The molecule has 11 nitrogen and oxygen atoms in total. The molecule has 0 fully saturated rings. The molecular weight excluding hydrogens is 566 g/mol. The van der Waals surface area contributed by atoms with Crippen molar-refractivity contribution in [3.63, 3.8) is 0 Å². The van der Waals surface area contributed by atoms with E-state index in [1.54, 1.807) is 60.8 Å². The highest BCUT2D eigenvalue weighted by molar-refractivity contribution is 6.06. The minimum Gasteiger partial charge on any atom is -0.493 e. The average molecular weight is 600 g/mol. The van der Waals surface area contributed by atoms with Crippen LogP contribution in [-0.4, -0.2) is 81.3 Å². The van der Waals surface area contributed by atoms with E-state index in [4.69, 9.17) is 9.47 Å². The molecule has 2 aromatic heterocycles. The van der Waals surface area contributed by atoms with Gasteiger partial charge >= 0.3 is 0 Å². The van der Waals surface area contributed by atoms with Gasteiger partial charge < -0.3 is 34.8 Å². The first-order chi connectivity index (χ1) is 21.4. The lowest BCUT2D eigenvalue weighted by Crippen LogP contribution is -2.37. The molecule has 0 aliphatic carbocycles. The molecule has 0 saturated carbocycles. The minimum absolute atomic E-state index is 0.00508. The summed E-state index contributed by atoms with van der Waals surface area (Å²) in [6.07, 6.45) is 1.55. The summed E-state index contributed by atoms with van der Waals surface area (Å²) in [6, 6.07) is 17.0. The van der Waals surface area contributed by atoms with E-state index in [-0.39, 0.29) is 50.9 Å². The average Bonchev–Trinajstić information content (AvgIpc) is 3.05. The van der Waals surface area contributed by atoms with E-state index < -0.39 is 11.5 Å². The summed E-state index contributed by atoms with van der Waals surface area (Å²) in [5.41, 5.74) is 2.37. The van der Waals surface area contributed by atoms with Crippen molar-refractivity contribution in [2.45, 2.75) is 13.2 Å². The number of fused-ring (bicyclic) bond motifs is 2. The summed E-state index contributed by atoms with van der Waals surface area (Å²) in [7, 11) is 3.06. The molecule has 5 aromatic rings. The van der Waals surface area contributed by atoms with Gasteiger partial charge in [0.15, 0.2) is 11.5 Å². The quantitative estimate of drug-likeness (QED) is 0.179. The number of aliphatic hydroxyl groups excluding tert-OH is 4. The van der Waals surface area contributed by atoms with E-state index in [0.717, 1.165) is 10.8 Å². The van der Waals surface area contributed by atoms with Crippen LogP contribution in [0.1, 0.15) is 21.5 Å². The van der Waals surface area contributed by atoms with E-state index in [1.807, 2.05) is 0 Å². The van der Waals surface area contributed by atoms with Gasteiger partial charge in [-0.2, -0.15) is 0 Å². The number of nitrogens with zero attached hydrogens (tertiary/aromatic N) is 3. The van der Waals surface area contributed by atoms with Crippen LogP contribution in [0.5, 0.6) is 11.5 Å². The molecule has 0 spiro atoms. The third kappa shape index (κ3) is 5.49. The predicted octanol–water partition coefficient (Wildman–Crippen LogP) is 2.63. The van der Waals surface area contributed by atoms with Crippen LogP contribution in [0, 0.1) is 0 Å². The van der Waals surface area contributed by atoms with Crippen molar-refractivity contribution in [3.05, 3.63) is 93.9 Å². The van der Waals surface area contributed by atoms with Crippen LogP contribution in [0.4, 0.5) is 0 Å². The topological polar surface area (TPSA) is 155 Å². The Kier molecular flexibility index (Phi) is 9.21. The van der Waals surface area contributed by atoms with E-state index >= 15 is 0 Å². The molecule has 228 valence electrons. The summed E-state index contributed by atoms with van der Waals surface area (Å²) in [6.45, 7) is -1.24. The highest BCUT2D eigenvalue weighted by atomic mass is 16.5. The second-order valence-corrected chi connectivity index (χ2v) is 10.0. The number of hydrogen-bond donors (Lipinski definition) is 4. The van der Waals surface area contributed by atoms with Crippen LogP contribution in [0.3, 0.4) is 0 Å². The largest absolute Gasteiger partial charge is 0.493 e. The lowest BCUT2D eigenvalue weighted by molar-refractivity contribution is 0.0686. The summed E-state index contributed by atoms with van der Waals surface area (Å²) < 4.78 is 12.4. The van der Waals surface area contributed by atoms with Crippen LogP contribution in [0.25, 0.3) is 38.6 Å². The summed E-state index contributed by atoms with van der Waals surface area (Å²) in [5.74, 6) is 0.776. The maximum absolute atomic E-state index is 13.7. The van der Waals surface area contributed by atoms with Crippen molar-refractivity contribution in [2.24, 2.45) is 0 Å². The molecule has 0 unspecified atom stereocenters. The molecule has 0 radical (unpaired) electrons. The summed E-state index contributed by atoms with van der Waals surface area (Å²) in [4.78, 5) is 32.9. The van der Waals surface area contributed by atoms with Crippen molar-refractivity contribution in [1.29, 1.82) is 0 Å². The maximum atomic E-state index is 13.7. The van der Waals surface area contributed by atoms with Crippen molar-refractivity contribution in [1.82, 2.24) is 14.5 Å². The zero-order chi connectivity index (χ0) is 31.4. The van der Waals surface area contributed by atoms with Crippen LogP contribution >= 0.6 is 0 Å². The fraction of sp³-hybridized carbons (Fsp3) is 0.242. The van der Waals surface area contributed by atoms with Gasteiger partial charge in [-0.3, -0.25) is 14.2 Å². The standard InChI is InChI=1S/C33H33N3O8/c1-43-28-14-21-13-22(18-39)26(19-40)32(24(21)16-29(28)44-2)20-7-8-34-30(15-20)36-27-6-4-3-5-23(27)25(17-31(36)41)33(42)35(9-11-37)10-12-38/h3-8,13-17,37-40H,9-12,18-19H2,1-2H3. The van der Waals surface area contributed by atoms with Gasteiger partial charge in [0.2, 0.25) is 0 Å². The van der Waals surface area contributed by atoms with Gasteiger partial charge in [0.1, 0.15) is 5.82 Å². The van der Waals surface area contributed by atoms with E-state index in [0.29, 0.717) is 44.7 Å². The number of ether oxygens (including phenoxy) is 2. The number of hydrogen-bond acceptors (Lipinski definition) is 9. The first-order valence-corrected chi connectivity index (χ1v) is 13.9. The van der Waals surface area contributed by atoms with Crippen LogP contribution < -0.4 is 15.0 Å². The van der Waals surface area contributed by atoms with Crippen LogP contribution in [-0.2, 0) is 13.2 Å². The lowest BCUT2D eigenvalue weighted by atomic mass is 9.90. The van der Waals surface area contributed by atoms with Gasteiger partial charge in [-0.1, -0.05) is 18.2 Å². The van der Waals surface area contributed by atoms with Gasteiger partial charge in [-0.25, -0.2) is 4.98 Å². The van der Waals surface area contributed by atoms with E-state index in [2.05, 4.69) is 4.98 Å². The van der Waals surface area contributed by atoms with Crippen LogP contribution in [0.2, 0.25) is 0 Å². The molecule has 0 aliphatic heterocycles. The number of aromatic nitrogens is 2. The van der Waals surface area contributed by atoms with Gasteiger partial charge in [-0.05, 0) is 69.4 Å². The van der Waals surface area contributed by atoms with E-state index in [1.165, 1.54) is 29.8 Å². The van der Waals surface area contributed by atoms with Gasteiger partial charge in [-0.15, -0.1) is 0 Å². The molecule has 0 saturated heterocycles. The Labute approximate surface area is 252 Å². The molecule has 4 N–H and O–H groups in total. The minimum atomic E-state index is -0.507. The summed E-state index contributed by atoms with van der Waals surface area (Å²) in [5, 5.41) is 41.5. The first kappa shape index (κ1) is 30.6. The third-order valence-electron chi connectivity index (χ3n) is 7.62. The Morgan fingerprint density at radius 3 is 2.23 bits per heavy atom. The fourth-order valence-corrected chi connectivity index (χ4v) is 5.60. The Bertz CT molecular complexity index is 1890. The highest BCUT2D eigenvalue weighted by Gasteiger charge is 2.22. The van der Waals surface area contributed by atoms with Crippen molar-refractivity contribution >= 4 is 27.6 Å². The summed E-state index contributed by atoms with van der Waals surface area (Å²) >= 11 is 0. The Morgan fingerprint density at radius 1 is 0.864 bits per heavy atom. The second-order valence-electron chi connectivity index (χ2n) is 10.0. The van der Waals surface area contributed by atoms with Crippen molar-refractivity contribution in [3.8, 4) is 28.4 Å². The van der Waals surface area contributed by atoms with Gasteiger partial charge in [0.25, 0.3) is 11.5 Å². The Hall–Kier alpha value is -4.81. The molecule has 0 aliphatic rings. The zero-order valence-electron chi connectivity index (χ0n) is 24.4. The fourth-order valence-electron chi connectivity index (χ4n) is 5.60. The molecule has 3 aromatic carbocycles. The lowest BCUT2D eigenvalue weighted by Gasteiger charge is -2.22. The predicted molar refractivity (Wildman–Crippen MR) is 165 cm³/mol. The number of aliphatic hydroxyl groups is 4. The molecule has 0 bridgehead atoms. The Balaban J connectivity index is 1.75. The van der Waals surface area contributed by atoms with Crippen molar-refractivity contribution in [2.75, 3.05) is 40.5 Å². The van der Waals surface area contributed by atoms with Gasteiger partial charge in [0, 0.05) is 30.7 Å². The molecular formula is C33H33N3O8. The van der Waals surface area contributed by atoms with Gasteiger partial charge in [0.05, 0.1) is 51.7 Å². The monoisotopic (exact) mass is 599 g/mol. The number of rotatable bonds is 11. The van der Waals surface area contributed by atoms with E-state index in [9.17, 15) is 30.0 Å². The smallest absolute Gasteiger partial charge is 0.257 e. The SMILES string of the molecule is COc1cc2cc(CO)c(CO)c(-c3ccnc(-n4c(=O)cc(C(=O)N(CCO)CCO)c5ccccc54)c3)c2cc1OC. The number of amides is 1. The van der Waals surface area contributed by atoms with Crippen molar-refractivity contribution < 1.29 is 34.7 Å². The Morgan fingerprint density at radius 2 is 1.57 bits per heavy atom. The molecule has 1 amide bonds. The normalized spacial score (nSPS) is 11.2. The third-order valence-corrected chi connectivity index (χ3v) is 7.62. The zero-order valence-corrected chi connectivity index (χ0v) is 24.4. The van der Waals surface area contributed by atoms with Crippen LogP contribution in [0.15, 0.2) is 71.7 Å². The molecule has 2 heterocycles. The number of benzene rings is 3. The maximum Gasteiger partial charge on any atom is 0.257 e. The molecule has 5 rings (SSSR count). The number of carbonyl (C=O) groups excluding carboxylic acids is 1. The number of carbonyl (C=O) groups is 1. The number of pyridine rings is 2. The molecule has 11 heteroatoms. The highest BCUT2D eigenvalue weighted by Crippen LogP contribution is 2.41. The second kappa shape index (κ2) is 13.2. The molecule has 44 heavy (non-hydrogen) atoms.